The molecule has 2 heterocycles. The summed E-state index contributed by atoms with van der Waals surface area (Å²) in [6.45, 7) is 2.60. The van der Waals surface area contributed by atoms with E-state index in [1.165, 1.54) is 5.56 Å². The van der Waals surface area contributed by atoms with Crippen LogP contribution in [0.15, 0.2) is 24.3 Å². The zero-order chi connectivity index (χ0) is 16.6. The van der Waals surface area contributed by atoms with Crippen molar-refractivity contribution in [3.8, 4) is 5.75 Å². The van der Waals surface area contributed by atoms with Crippen molar-refractivity contribution in [1.82, 2.24) is 9.80 Å². The molecule has 3 nitrogen and oxygen atoms in total. The normalized spacial score (nSPS) is 26.7. The van der Waals surface area contributed by atoms with Crippen molar-refractivity contribution >= 4 is 24.8 Å². The summed E-state index contributed by atoms with van der Waals surface area (Å²) in [7, 11) is 3.75. The maximum absolute atomic E-state index is 12.4. The first kappa shape index (κ1) is 22.4. The van der Waals surface area contributed by atoms with Gasteiger partial charge in [-0.25, -0.2) is 0 Å². The Morgan fingerprint density at radius 2 is 1.72 bits per heavy atom. The van der Waals surface area contributed by atoms with Gasteiger partial charge in [0.25, 0.3) is 0 Å². The molecule has 0 radical (unpaired) electrons. The molecule has 2 saturated heterocycles. The molecule has 0 unspecified atom stereocenters. The Bertz CT molecular complexity index is 542. The fourth-order valence-corrected chi connectivity index (χ4v) is 4.12. The molecule has 0 aromatic heterocycles. The number of alkyl halides is 3. The van der Waals surface area contributed by atoms with Crippen LogP contribution in [0.4, 0.5) is 13.2 Å². The molecule has 0 N–H and O–H groups in total. The number of hydrogen-bond donors (Lipinski definition) is 0. The van der Waals surface area contributed by atoms with Gasteiger partial charge in [0.2, 0.25) is 0 Å². The molecular formula is C17H25Cl2F3N2O. The van der Waals surface area contributed by atoms with Gasteiger partial charge in [0.05, 0.1) is 13.5 Å². The van der Waals surface area contributed by atoms with Gasteiger partial charge in [0.1, 0.15) is 5.75 Å². The predicted molar refractivity (Wildman–Crippen MR) is 97.0 cm³/mol. The lowest BCUT2D eigenvalue weighted by Gasteiger charge is -2.27. The molecule has 0 saturated carbocycles. The zero-order valence-corrected chi connectivity index (χ0v) is 16.0. The third-order valence-corrected chi connectivity index (χ3v) is 5.14. The van der Waals surface area contributed by atoms with Crippen LogP contribution in [0.3, 0.4) is 0 Å². The fourth-order valence-electron chi connectivity index (χ4n) is 4.12. The highest BCUT2D eigenvalue weighted by Gasteiger charge is 2.46. The first-order valence-corrected chi connectivity index (χ1v) is 8.00. The maximum atomic E-state index is 12.4. The number of halogens is 5. The zero-order valence-electron chi connectivity index (χ0n) is 14.3. The van der Waals surface area contributed by atoms with Crippen LogP contribution in [0, 0.1) is 11.8 Å². The lowest BCUT2D eigenvalue weighted by molar-refractivity contribution is -0.137. The number of benzene rings is 1. The van der Waals surface area contributed by atoms with Crippen LogP contribution >= 0.6 is 24.8 Å². The van der Waals surface area contributed by atoms with E-state index in [0.29, 0.717) is 11.8 Å². The van der Waals surface area contributed by atoms with Gasteiger partial charge >= 0.3 is 6.18 Å². The van der Waals surface area contributed by atoms with Crippen LogP contribution in [0.5, 0.6) is 5.75 Å². The van der Waals surface area contributed by atoms with Gasteiger partial charge in [-0.3, -0.25) is 4.90 Å². The van der Waals surface area contributed by atoms with Crippen LogP contribution in [0.1, 0.15) is 18.0 Å². The van der Waals surface area contributed by atoms with Crippen LogP contribution in [0.25, 0.3) is 0 Å². The smallest absolute Gasteiger partial charge is 0.390 e. The van der Waals surface area contributed by atoms with Crippen molar-refractivity contribution in [2.45, 2.75) is 18.6 Å². The minimum atomic E-state index is -4.07. The van der Waals surface area contributed by atoms with E-state index < -0.39 is 12.6 Å². The summed E-state index contributed by atoms with van der Waals surface area (Å²) in [5, 5.41) is 0. The quantitative estimate of drug-likeness (QED) is 0.758. The summed E-state index contributed by atoms with van der Waals surface area (Å²) in [5.41, 5.74) is 1.22. The van der Waals surface area contributed by atoms with E-state index in [4.69, 9.17) is 4.74 Å². The summed E-state index contributed by atoms with van der Waals surface area (Å²) >= 11 is 0. The van der Waals surface area contributed by atoms with Crippen LogP contribution in [-0.2, 0) is 0 Å². The topological polar surface area (TPSA) is 15.7 Å². The average Bonchev–Trinajstić information content (AvgIpc) is 3.01. The van der Waals surface area contributed by atoms with Crippen LogP contribution in [0.2, 0.25) is 0 Å². The number of methoxy groups -OCH3 is 1. The highest BCUT2D eigenvalue weighted by Crippen LogP contribution is 2.44. The third-order valence-electron chi connectivity index (χ3n) is 5.14. The van der Waals surface area contributed by atoms with Crippen molar-refractivity contribution < 1.29 is 17.9 Å². The number of hydrogen-bond acceptors (Lipinski definition) is 3. The van der Waals surface area contributed by atoms with Crippen LogP contribution < -0.4 is 4.74 Å². The van der Waals surface area contributed by atoms with Gasteiger partial charge in [0, 0.05) is 32.2 Å². The molecule has 2 aliphatic rings. The highest BCUT2D eigenvalue weighted by molar-refractivity contribution is 5.85. The third kappa shape index (κ3) is 5.16. The Kier molecular flexibility index (Phi) is 7.87. The van der Waals surface area contributed by atoms with E-state index in [0.717, 1.165) is 25.4 Å². The molecule has 8 heteroatoms. The molecule has 144 valence electrons. The summed E-state index contributed by atoms with van der Waals surface area (Å²) < 4.78 is 42.5. The molecule has 0 aliphatic carbocycles. The Labute approximate surface area is 159 Å². The van der Waals surface area contributed by atoms with Crippen molar-refractivity contribution in [3.05, 3.63) is 29.8 Å². The number of rotatable bonds is 4. The van der Waals surface area contributed by atoms with Crippen molar-refractivity contribution in [2.24, 2.45) is 11.8 Å². The Balaban J connectivity index is 0.00000156. The Morgan fingerprint density at radius 3 is 2.28 bits per heavy atom. The Hall–Kier alpha value is -0.690. The minimum Gasteiger partial charge on any atom is -0.497 e. The number of fused-ring (bicyclic) bond motifs is 1. The van der Waals surface area contributed by atoms with Gasteiger partial charge in [-0.2, -0.15) is 13.2 Å². The van der Waals surface area contributed by atoms with E-state index >= 15 is 0 Å². The molecule has 3 rings (SSSR count). The van der Waals surface area contributed by atoms with Gasteiger partial charge in [-0.15, -0.1) is 24.8 Å². The molecule has 1 aromatic carbocycles. The summed E-state index contributed by atoms with van der Waals surface area (Å²) in [6.07, 6.45) is -4.78. The van der Waals surface area contributed by atoms with E-state index in [9.17, 15) is 13.2 Å². The predicted octanol–water partition coefficient (Wildman–Crippen LogP) is 4.03. The van der Waals surface area contributed by atoms with Crippen LogP contribution in [-0.4, -0.2) is 56.3 Å². The van der Waals surface area contributed by atoms with E-state index in [1.807, 2.05) is 17.0 Å². The molecule has 2 aliphatic heterocycles. The first-order valence-electron chi connectivity index (χ1n) is 8.00. The number of nitrogens with zero attached hydrogens (tertiary/aromatic N) is 2. The van der Waals surface area contributed by atoms with Gasteiger partial charge in [0.15, 0.2) is 0 Å². The second kappa shape index (κ2) is 8.80. The number of likely N-dealkylation sites (tertiary alicyclic amines) is 2. The largest absolute Gasteiger partial charge is 0.497 e. The maximum Gasteiger partial charge on any atom is 0.390 e. The van der Waals surface area contributed by atoms with Gasteiger partial charge < -0.3 is 9.64 Å². The fraction of sp³-hybridized carbons (Fsp3) is 0.647. The summed E-state index contributed by atoms with van der Waals surface area (Å²) in [5.74, 6) is 1.69. The lowest BCUT2D eigenvalue weighted by atomic mass is 9.89. The van der Waals surface area contributed by atoms with Crippen molar-refractivity contribution in [2.75, 3.05) is 40.3 Å². The minimum absolute atomic E-state index is 0. The molecule has 0 bridgehead atoms. The van der Waals surface area contributed by atoms with Crippen molar-refractivity contribution in [3.63, 3.8) is 0 Å². The van der Waals surface area contributed by atoms with Crippen molar-refractivity contribution in [1.29, 1.82) is 0 Å². The van der Waals surface area contributed by atoms with E-state index in [2.05, 4.69) is 24.1 Å². The molecule has 2 fully saturated rings. The summed E-state index contributed by atoms with van der Waals surface area (Å²) in [4.78, 5) is 4.31. The molecule has 0 spiro atoms. The number of ether oxygens (including phenoxy) is 1. The molecular weight excluding hydrogens is 376 g/mol. The standard InChI is InChI=1S/C17H23F3N2O.2ClH/c1-21-9-13-10-22(8-7-17(18,19)20)11-15(13)16(21)12-3-5-14(23-2)6-4-12;;/h3-6,13,15-16H,7-11H2,1-2H3;2*1H/t13-,15+,16-;;/m0../s1. The SMILES string of the molecule is COc1ccc([C@H]2[C@@H]3CN(CCC(F)(F)F)C[C@@H]3CN2C)cc1.Cl.Cl. The Morgan fingerprint density at radius 1 is 1.08 bits per heavy atom. The van der Waals surface area contributed by atoms with Gasteiger partial charge in [-0.1, -0.05) is 12.1 Å². The molecule has 3 atom stereocenters. The van der Waals surface area contributed by atoms with Gasteiger partial charge in [-0.05, 0) is 36.6 Å². The lowest BCUT2D eigenvalue weighted by Crippen LogP contribution is -2.31. The monoisotopic (exact) mass is 400 g/mol. The second-order valence-electron chi connectivity index (χ2n) is 6.71. The average molecular weight is 401 g/mol. The molecule has 0 amide bonds. The first-order chi connectivity index (χ1) is 10.9. The second-order valence-corrected chi connectivity index (χ2v) is 6.71. The molecule has 25 heavy (non-hydrogen) atoms. The van der Waals surface area contributed by atoms with E-state index in [1.54, 1.807) is 7.11 Å². The summed E-state index contributed by atoms with van der Waals surface area (Å²) in [6, 6.07) is 8.32. The van der Waals surface area contributed by atoms with E-state index in [-0.39, 0.29) is 37.4 Å². The highest BCUT2D eigenvalue weighted by atomic mass is 35.5. The molecule has 1 aromatic rings.